The minimum atomic E-state index is 0. The minimum Gasteiger partial charge on any atom is -0.354 e. The molecule has 0 saturated heterocycles. The predicted molar refractivity (Wildman–Crippen MR) is 102 cm³/mol. The molecule has 2 rings (SSSR count). The van der Waals surface area contributed by atoms with Crippen LogP contribution < -0.4 is 5.32 Å². The van der Waals surface area contributed by atoms with Crippen molar-refractivity contribution in [1.29, 1.82) is 0 Å². The molecule has 5 nitrogen and oxygen atoms in total. The van der Waals surface area contributed by atoms with Crippen LogP contribution in [0.25, 0.3) is 0 Å². The number of nitrogens with one attached hydrogen (secondary N) is 1. The van der Waals surface area contributed by atoms with Gasteiger partial charge in [-0.25, -0.2) is 4.98 Å². The Morgan fingerprint density at radius 1 is 1.32 bits per heavy atom. The van der Waals surface area contributed by atoms with Gasteiger partial charge in [0.1, 0.15) is 0 Å². The third-order valence-corrected chi connectivity index (χ3v) is 3.33. The zero-order valence-electron chi connectivity index (χ0n) is 13.4. The maximum absolute atomic E-state index is 4.33. The van der Waals surface area contributed by atoms with Crippen molar-refractivity contribution in [2.75, 3.05) is 20.6 Å². The van der Waals surface area contributed by atoms with Gasteiger partial charge in [0.2, 0.25) is 0 Å². The van der Waals surface area contributed by atoms with Gasteiger partial charge in [-0.15, -0.1) is 24.0 Å². The molecular weight excluding hydrogens is 389 g/mol. The summed E-state index contributed by atoms with van der Waals surface area (Å²) in [6.45, 7) is 4.63. The number of nitrogens with zero attached hydrogens (tertiary/aromatic N) is 4. The second-order valence-electron chi connectivity index (χ2n) is 5.12. The SMILES string of the molecule is CN=C(NCCn1ccnc1)N(C)Cc1ccc(C)cc1.I. The van der Waals surface area contributed by atoms with Crippen molar-refractivity contribution in [2.45, 2.75) is 20.0 Å². The number of hydrogen-bond acceptors (Lipinski definition) is 2. The second-order valence-corrected chi connectivity index (χ2v) is 5.12. The smallest absolute Gasteiger partial charge is 0.193 e. The third-order valence-electron chi connectivity index (χ3n) is 3.33. The molecule has 0 saturated carbocycles. The summed E-state index contributed by atoms with van der Waals surface area (Å²) in [5.74, 6) is 0.899. The van der Waals surface area contributed by atoms with E-state index in [-0.39, 0.29) is 24.0 Å². The molecule has 0 aliphatic heterocycles. The van der Waals surface area contributed by atoms with E-state index >= 15 is 0 Å². The van der Waals surface area contributed by atoms with Crippen LogP contribution >= 0.6 is 24.0 Å². The van der Waals surface area contributed by atoms with Crippen LogP contribution in [0.15, 0.2) is 48.0 Å². The summed E-state index contributed by atoms with van der Waals surface area (Å²) in [6, 6.07) is 8.59. The van der Waals surface area contributed by atoms with Crippen LogP contribution in [-0.4, -0.2) is 41.1 Å². The van der Waals surface area contributed by atoms with Crippen LogP contribution in [0.5, 0.6) is 0 Å². The molecule has 0 bridgehead atoms. The fourth-order valence-electron chi connectivity index (χ4n) is 2.14. The van der Waals surface area contributed by atoms with Crippen LogP contribution in [0.3, 0.4) is 0 Å². The first kappa shape index (κ1) is 18.5. The summed E-state index contributed by atoms with van der Waals surface area (Å²) in [6.07, 6.45) is 5.57. The number of halogens is 1. The molecule has 0 fully saturated rings. The number of imidazole rings is 1. The summed E-state index contributed by atoms with van der Waals surface area (Å²) in [4.78, 5) is 10.5. The highest BCUT2D eigenvalue weighted by molar-refractivity contribution is 14.0. The van der Waals surface area contributed by atoms with Crippen molar-refractivity contribution in [3.63, 3.8) is 0 Å². The van der Waals surface area contributed by atoms with Gasteiger partial charge in [-0.1, -0.05) is 29.8 Å². The zero-order valence-corrected chi connectivity index (χ0v) is 15.7. The van der Waals surface area contributed by atoms with Crippen molar-refractivity contribution in [3.05, 3.63) is 54.1 Å². The molecule has 1 aromatic heterocycles. The lowest BCUT2D eigenvalue weighted by molar-refractivity contribution is 0.473. The monoisotopic (exact) mass is 413 g/mol. The van der Waals surface area contributed by atoms with Gasteiger partial charge in [-0.3, -0.25) is 4.99 Å². The van der Waals surface area contributed by atoms with E-state index in [4.69, 9.17) is 0 Å². The van der Waals surface area contributed by atoms with Gasteiger partial charge < -0.3 is 14.8 Å². The fourth-order valence-corrected chi connectivity index (χ4v) is 2.14. The minimum absolute atomic E-state index is 0. The van der Waals surface area contributed by atoms with E-state index < -0.39 is 0 Å². The van der Waals surface area contributed by atoms with Gasteiger partial charge in [0.25, 0.3) is 0 Å². The van der Waals surface area contributed by atoms with Crippen LogP contribution in [-0.2, 0) is 13.1 Å². The molecule has 0 atom stereocenters. The Hall–Kier alpha value is -1.57. The summed E-state index contributed by atoms with van der Waals surface area (Å²) in [5, 5.41) is 3.37. The lowest BCUT2D eigenvalue weighted by Gasteiger charge is -2.22. The van der Waals surface area contributed by atoms with Crippen LogP contribution in [0.4, 0.5) is 0 Å². The maximum Gasteiger partial charge on any atom is 0.193 e. The van der Waals surface area contributed by atoms with Crippen molar-refractivity contribution >= 4 is 29.9 Å². The maximum atomic E-state index is 4.33. The summed E-state index contributed by atoms with van der Waals surface area (Å²) in [7, 11) is 3.86. The third kappa shape index (κ3) is 5.67. The molecule has 6 heteroatoms. The number of aliphatic imine (C=N–C) groups is 1. The van der Waals surface area contributed by atoms with Gasteiger partial charge in [0.15, 0.2) is 5.96 Å². The largest absolute Gasteiger partial charge is 0.354 e. The lowest BCUT2D eigenvalue weighted by Crippen LogP contribution is -2.39. The number of rotatable bonds is 5. The van der Waals surface area contributed by atoms with E-state index in [1.165, 1.54) is 11.1 Å². The van der Waals surface area contributed by atoms with E-state index in [9.17, 15) is 0 Å². The standard InChI is InChI=1S/C16H23N5.HI/c1-14-4-6-15(7-5-14)12-20(3)16(17-2)19-9-11-21-10-8-18-13-21;/h4-8,10,13H,9,11-12H2,1-3H3,(H,17,19);1H. The first-order valence-corrected chi connectivity index (χ1v) is 7.12. The number of aromatic nitrogens is 2. The van der Waals surface area contributed by atoms with Gasteiger partial charge in [-0.05, 0) is 12.5 Å². The van der Waals surface area contributed by atoms with Crippen LogP contribution in [0.1, 0.15) is 11.1 Å². The zero-order chi connectivity index (χ0) is 15.1. The Balaban J connectivity index is 0.00000242. The van der Waals surface area contributed by atoms with Crippen molar-refractivity contribution in [3.8, 4) is 0 Å². The molecular formula is C16H24IN5. The first-order valence-electron chi connectivity index (χ1n) is 7.12. The molecule has 22 heavy (non-hydrogen) atoms. The molecule has 0 amide bonds. The molecule has 2 aromatic rings. The first-order chi connectivity index (χ1) is 10.2. The number of hydrogen-bond donors (Lipinski definition) is 1. The quantitative estimate of drug-likeness (QED) is 0.466. The van der Waals surface area contributed by atoms with E-state index in [0.717, 1.165) is 25.6 Å². The second kappa shape index (κ2) is 9.45. The Morgan fingerprint density at radius 2 is 2.05 bits per heavy atom. The molecule has 120 valence electrons. The summed E-state index contributed by atoms with van der Waals surface area (Å²) < 4.78 is 2.04. The molecule has 0 aliphatic rings. The molecule has 0 radical (unpaired) electrons. The predicted octanol–water partition coefficient (Wildman–Crippen LogP) is 2.52. The molecule has 0 unspecified atom stereocenters. The normalized spacial score (nSPS) is 11.0. The van der Waals surface area contributed by atoms with Gasteiger partial charge in [-0.2, -0.15) is 0 Å². The van der Waals surface area contributed by atoms with E-state index in [0.29, 0.717) is 0 Å². The van der Waals surface area contributed by atoms with E-state index in [1.54, 1.807) is 6.20 Å². The number of benzene rings is 1. The summed E-state index contributed by atoms with van der Waals surface area (Å²) >= 11 is 0. The van der Waals surface area contributed by atoms with Gasteiger partial charge in [0.05, 0.1) is 6.33 Å². The lowest BCUT2D eigenvalue weighted by atomic mass is 10.1. The topological polar surface area (TPSA) is 45.5 Å². The van der Waals surface area contributed by atoms with Crippen molar-refractivity contribution < 1.29 is 0 Å². The Morgan fingerprint density at radius 3 is 2.64 bits per heavy atom. The average molecular weight is 413 g/mol. The van der Waals surface area contributed by atoms with E-state index in [2.05, 4.69) is 51.4 Å². The molecule has 0 aliphatic carbocycles. The fraction of sp³-hybridized carbons (Fsp3) is 0.375. The average Bonchev–Trinajstić information content (AvgIpc) is 2.99. The highest BCUT2D eigenvalue weighted by Gasteiger charge is 2.06. The highest BCUT2D eigenvalue weighted by atomic mass is 127. The van der Waals surface area contributed by atoms with E-state index in [1.807, 2.05) is 31.2 Å². The Bertz CT molecular complexity index is 563. The van der Waals surface area contributed by atoms with Gasteiger partial charge >= 0.3 is 0 Å². The Labute approximate surface area is 149 Å². The van der Waals surface area contributed by atoms with Crippen molar-refractivity contribution in [2.24, 2.45) is 4.99 Å². The van der Waals surface area contributed by atoms with Gasteiger partial charge in [0, 0.05) is 46.1 Å². The molecule has 0 spiro atoms. The van der Waals surface area contributed by atoms with Crippen molar-refractivity contribution in [1.82, 2.24) is 19.8 Å². The van der Waals surface area contributed by atoms with Crippen LogP contribution in [0.2, 0.25) is 0 Å². The van der Waals surface area contributed by atoms with Crippen LogP contribution in [0, 0.1) is 6.92 Å². The Kier molecular flexibility index (Phi) is 7.94. The molecule has 1 N–H and O–H groups in total. The molecule has 1 aromatic carbocycles. The molecule has 1 heterocycles. The number of guanidine groups is 1. The summed E-state index contributed by atoms with van der Waals surface area (Å²) in [5.41, 5.74) is 2.56. The highest BCUT2D eigenvalue weighted by Crippen LogP contribution is 2.05. The number of aryl methyl sites for hydroxylation is 1.